The molecule has 0 aliphatic carbocycles. The SMILES string of the molecule is C=CC[C@@H]1O[C@]2(C)C[C@]3(C)O[C@@H]4CC[C@H](OCc5ccc6ccccc6c5)[C@@H](C[C@@H](C[C@@H]5C[C@@H](C)[C@@H]([C@@H](C)CCOCc6ccc7ccccc7c6)O5)OCc5ccc6ccccc6c5)O[C@H]4C[C@H]3O[C@H]2CC[C@H]1O[C@H]1C[C@H]2O[C@H]3C[C@@]4(C)O[C@H]5CCOC(C)(C)O[C@@H]5C[C@@H]4O[C@@H]3[C@@H](OCc3ccc4ccccc4c3)[C@]2(C)O[C@@H]1[C@H](C)C=C. The average Bonchev–Trinajstić information content (AvgIpc) is 0.771. The summed E-state index contributed by atoms with van der Waals surface area (Å²) in [4.78, 5) is 0. The fourth-order valence-corrected chi connectivity index (χ4v) is 22.4. The van der Waals surface area contributed by atoms with E-state index in [0.717, 1.165) is 60.6 Å². The van der Waals surface area contributed by atoms with Gasteiger partial charge in [0, 0.05) is 51.0 Å². The summed E-state index contributed by atoms with van der Waals surface area (Å²) in [6.45, 7) is 31.5. The second-order valence-corrected chi connectivity index (χ2v) is 38.0. The van der Waals surface area contributed by atoms with E-state index in [1.165, 1.54) is 43.3 Å². The van der Waals surface area contributed by atoms with Gasteiger partial charge in [-0.2, -0.15) is 0 Å². The third-order valence-electron chi connectivity index (χ3n) is 28.7. The molecule has 16 nitrogen and oxygen atoms in total. The Labute approximate surface area is 698 Å². The Bertz CT molecular complexity index is 4800. The largest absolute Gasteiger partial charge is 0.377 e. The highest BCUT2D eigenvalue weighted by atomic mass is 16.7. The lowest BCUT2D eigenvalue weighted by Crippen LogP contribution is -2.75. The first-order valence-corrected chi connectivity index (χ1v) is 44.6. The van der Waals surface area contributed by atoms with Gasteiger partial charge in [-0.3, -0.25) is 0 Å². The van der Waals surface area contributed by atoms with E-state index in [4.69, 9.17) is 75.8 Å². The molecule has 8 aromatic carbocycles. The second kappa shape index (κ2) is 34.7. The Morgan fingerprint density at radius 3 is 1.69 bits per heavy atom. The molecule has 0 aromatic heterocycles. The van der Waals surface area contributed by atoms with Crippen molar-refractivity contribution in [2.45, 2.75) is 335 Å². The third kappa shape index (κ3) is 17.5. The summed E-state index contributed by atoms with van der Waals surface area (Å²) < 4.78 is 117. The number of fused-ring (bicyclic) bond motifs is 11. The molecule has 10 aliphatic rings. The van der Waals surface area contributed by atoms with Crippen molar-refractivity contribution >= 4 is 43.1 Å². The fraction of sp³-hybridized carbons (Fsp3) is 0.569. The van der Waals surface area contributed by atoms with Crippen LogP contribution in [0.2, 0.25) is 0 Å². The van der Waals surface area contributed by atoms with E-state index in [1.54, 1.807) is 0 Å². The van der Waals surface area contributed by atoms with Gasteiger partial charge in [-0.1, -0.05) is 179 Å². The highest BCUT2D eigenvalue weighted by Gasteiger charge is 2.67. The third-order valence-corrected chi connectivity index (χ3v) is 28.7. The molecule has 0 bridgehead atoms. The lowest BCUT2D eigenvalue weighted by atomic mass is 9.72. The van der Waals surface area contributed by atoms with Gasteiger partial charge in [0.15, 0.2) is 5.79 Å². The minimum Gasteiger partial charge on any atom is -0.377 e. The molecular weight excluding hydrogens is 1480 g/mol. The molecule has 27 atom stereocenters. The van der Waals surface area contributed by atoms with Crippen LogP contribution in [0.4, 0.5) is 0 Å². The molecular formula is C102H126O16. The lowest BCUT2D eigenvalue weighted by molar-refractivity contribution is -0.384. The molecule has 10 saturated heterocycles. The zero-order chi connectivity index (χ0) is 81.1. The van der Waals surface area contributed by atoms with Crippen LogP contribution in [-0.2, 0) is 102 Å². The van der Waals surface area contributed by atoms with E-state index in [2.05, 4.69) is 231 Å². The second-order valence-electron chi connectivity index (χ2n) is 38.0. The number of benzene rings is 8. The lowest BCUT2D eigenvalue weighted by Gasteiger charge is -2.62. The van der Waals surface area contributed by atoms with E-state index < -0.39 is 58.7 Å². The number of ether oxygens (including phenoxy) is 16. The summed E-state index contributed by atoms with van der Waals surface area (Å²) >= 11 is 0. The van der Waals surface area contributed by atoms with Crippen molar-refractivity contribution in [1.82, 2.24) is 0 Å². The molecule has 0 N–H and O–H groups in total. The van der Waals surface area contributed by atoms with Crippen LogP contribution in [0.3, 0.4) is 0 Å². The van der Waals surface area contributed by atoms with Crippen LogP contribution in [0.25, 0.3) is 43.1 Å². The van der Waals surface area contributed by atoms with E-state index in [0.29, 0.717) is 109 Å². The molecule has 18 rings (SSSR count). The minimum atomic E-state index is -0.966. The summed E-state index contributed by atoms with van der Waals surface area (Å²) in [6.07, 6.45) is 8.68. The van der Waals surface area contributed by atoms with E-state index >= 15 is 0 Å². The molecule has 630 valence electrons. The zero-order valence-corrected chi connectivity index (χ0v) is 70.9. The summed E-state index contributed by atoms with van der Waals surface area (Å²) in [5.41, 5.74) is 1.46. The average molecular weight is 1610 g/mol. The Morgan fingerprint density at radius 1 is 0.466 bits per heavy atom. The topological polar surface area (TPSA) is 148 Å². The van der Waals surface area contributed by atoms with Crippen LogP contribution >= 0.6 is 0 Å². The highest BCUT2D eigenvalue weighted by molar-refractivity contribution is 5.85. The van der Waals surface area contributed by atoms with Gasteiger partial charge in [0.05, 0.1) is 160 Å². The standard InChI is InChI=1S/C102H126O16/c1-12-22-82-81(109-88-56-93-102(11,118-95(88)63(3)13-2)97(106-61-69-34-38-73-26-17-21-30-77(73)51-69)96-89(111-93)57-99(8)91(113-96)55-87-84(115-99)44-46-107-98(6,7)114-87)41-42-90-100(9,116-82)62-101(10)92(112-90)54-86-83(117-101)40-39-80(105-60-68-33-37-72-25-16-20-29-76(72)50-68)85(110-86)53-78(104-59-67-32-36-71-24-15-19-28-75(71)49-67)52-79-47-65(5)94(108-79)64(4)43-45-103-58-66-31-35-70-23-14-18-27-74(70)48-66/h12-21,23-38,48-51,63-65,78-97H,1-2,22,39-47,52-62H2,3-11H3/t63-,64+,65-,78-,79+,80+,81-,82+,83-,84+,85-,86+,87-,88+,89+,90+,91+,92-,93-,94-,95-,96+,97-,99-,100-,101+,102-/m1/s1. The predicted molar refractivity (Wildman–Crippen MR) is 458 cm³/mol. The first-order valence-electron chi connectivity index (χ1n) is 44.6. The molecule has 16 heteroatoms. The number of hydrogen-bond donors (Lipinski definition) is 0. The van der Waals surface area contributed by atoms with Crippen LogP contribution in [0.1, 0.15) is 181 Å². The van der Waals surface area contributed by atoms with Gasteiger partial charge < -0.3 is 75.8 Å². The normalized spacial score (nSPS) is 37.2. The first-order chi connectivity index (χ1) is 57.1. The van der Waals surface area contributed by atoms with Gasteiger partial charge >= 0.3 is 0 Å². The number of rotatable bonds is 25. The molecule has 0 amide bonds. The van der Waals surface area contributed by atoms with Gasteiger partial charge in [0.2, 0.25) is 0 Å². The van der Waals surface area contributed by atoms with Gasteiger partial charge in [0.25, 0.3) is 0 Å². The molecule has 10 fully saturated rings. The van der Waals surface area contributed by atoms with Gasteiger partial charge in [-0.05, 0) is 201 Å². The summed E-state index contributed by atoms with van der Waals surface area (Å²) in [7, 11) is 0. The predicted octanol–water partition coefficient (Wildman–Crippen LogP) is 20.1. The smallest absolute Gasteiger partial charge is 0.163 e. The van der Waals surface area contributed by atoms with E-state index in [9.17, 15) is 0 Å². The Hall–Kier alpha value is -6.36. The van der Waals surface area contributed by atoms with Gasteiger partial charge in [-0.25, -0.2) is 0 Å². The van der Waals surface area contributed by atoms with Crippen LogP contribution < -0.4 is 0 Å². The van der Waals surface area contributed by atoms with Crippen LogP contribution in [0.15, 0.2) is 195 Å². The Morgan fingerprint density at radius 2 is 1.04 bits per heavy atom. The quantitative estimate of drug-likeness (QED) is 0.0394. The molecule has 8 aromatic rings. The Kier molecular flexibility index (Phi) is 24.3. The summed E-state index contributed by atoms with van der Waals surface area (Å²) in [5.74, 6) is -0.186. The van der Waals surface area contributed by atoms with Crippen molar-refractivity contribution in [2.75, 3.05) is 13.2 Å². The maximum Gasteiger partial charge on any atom is 0.163 e. The van der Waals surface area contributed by atoms with Crippen molar-refractivity contribution < 1.29 is 75.8 Å². The molecule has 10 heterocycles. The number of hydrogen-bond acceptors (Lipinski definition) is 16. The van der Waals surface area contributed by atoms with Crippen LogP contribution in [-0.4, -0.2) is 163 Å². The fourth-order valence-electron chi connectivity index (χ4n) is 22.4. The highest BCUT2D eigenvalue weighted by Crippen LogP contribution is 2.55. The molecule has 0 saturated carbocycles. The van der Waals surface area contributed by atoms with Crippen LogP contribution in [0, 0.1) is 17.8 Å². The minimum absolute atomic E-state index is 0.00408. The van der Waals surface area contributed by atoms with E-state index in [1.807, 2.05) is 26.0 Å². The van der Waals surface area contributed by atoms with Crippen LogP contribution in [0.5, 0.6) is 0 Å². The Balaban J connectivity index is 0.583. The molecule has 118 heavy (non-hydrogen) atoms. The van der Waals surface area contributed by atoms with Crippen molar-refractivity contribution in [2.24, 2.45) is 17.8 Å². The van der Waals surface area contributed by atoms with Gasteiger partial charge in [-0.15, -0.1) is 13.2 Å². The van der Waals surface area contributed by atoms with Crippen molar-refractivity contribution in [1.29, 1.82) is 0 Å². The molecule has 10 aliphatic heterocycles. The van der Waals surface area contributed by atoms with Crippen molar-refractivity contribution in [3.63, 3.8) is 0 Å². The van der Waals surface area contributed by atoms with Crippen molar-refractivity contribution in [3.8, 4) is 0 Å². The zero-order valence-electron chi connectivity index (χ0n) is 70.9. The van der Waals surface area contributed by atoms with Crippen molar-refractivity contribution in [3.05, 3.63) is 217 Å². The monoisotopic (exact) mass is 1610 g/mol. The summed E-state index contributed by atoms with van der Waals surface area (Å²) in [6, 6.07) is 60.6. The first kappa shape index (κ1) is 82.6. The molecule has 0 radical (unpaired) electrons. The van der Waals surface area contributed by atoms with Gasteiger partial charge in [0.1, 0.15) is 17.8 Å². The molecule has 0 unspecified atom stereocenters. The maximum absolute atomic E-state index is 7.75. The molecule has 0 spiro atoms. The van der Waals surface area contributed by atoms with E-state index in [-0.39, 0.29) is 97.5 Å². The summed E-state index contributed by atoms with van der Waals surface area (Å²) in [5, 5.41) is 9.62. The maximum atomic E-state index is 7.75.